The standard InChI is InChI=1S/C18H18F2N4O4S/c1-29(27,28)22-13-4-2-3-12(9-13)21-17(25)11-23-7-8-24(18(23)26)14-5-6-15(19)16(20)10-14/h2-6,9-10,22H,7-8,11H2,1H3,(H,21,25). The number of urea groups is 1. The Morgan fingerprint density at radius 1 is 1.07 bits per heavy atom. The summed E-state index contributed by atoms with van der Waals surface area (Å²) < 4.78 is 51.4. The van der Waals surface area contributed by atoms with E-state index in [0.29, 0.717) is 5.69 Å². The number of hydrogen-bond acceptors (Lipinski definition) is 4. The highest BCUT2D eigenvalue weighted by molar-refractivity contribution is 7.92. The largest absolute Gasteiger partial charge is 0.325 e. The predicted octanol–water partition coefficient (Wildman–Crippen LogP) is 2.22. The van der Waals surface area contributed by atoms with Crippen molar-refractivity contribution in [2.45, 2.75) is 0 Å². The Kier molecular flexibility index (Phi) is 5.69. The summed E-state index contributed by atoms with van der Waals surface area (Å²) in [5, 5.41) is 2.59. The average Bonchev–Trinajstić information content (AvgIpc) is 2.97. The third-order valence-corrected chi connectivity index (χ3v) is 4.70. The van der Waals surface area contributed by atoms with E-state index in [1.165, 1.54) is 28.0 Å². The van der Waals surface area contributed by atoms with Gasteiger partial charge in [0.05, 0.1) is 11.9 Å². The van der Waals surface area contributed by atoms with Gasteiger partial charge in [-0.05, 0) is 30.3 Å². The molecule has 1 saturated heterocycles. The lowest BCUT2D eigenvalue weighted by Gasteiger charge is -2.18. The zero-order chi connectivity index (χ0) is 21.2. The molecular formula is C18H18F2N4O4S. The molecule has 0 aliphatic carbocycles. The highest BCUT2D eigenvalue weighted by Crippen LogP contribution is 2.22. The van der Waals surface area contributed by atoms with Crippen molar-refractivity contribution in [1.82, 2.24) is 4.90 Å². The van der Waals surface area contributed by atoms with Crippen molar-refractivity contribution in [2.75, 3.05) is 40.8 Å². The molecule has 0 aromatic heterocycles. The topological polar surface area (TPSA) is 98.8 Å². The maximum atomic E-state index is 13.4. The second-order valence-corrected chi connectivity index (χ2v) is 8.21. The molecule has 154 valence electrons. The molecule has 0 spiro atoms. The van der Waals surface area contributed by atoms with Gasteiger partial charge in [0.1, 0.15) is 6.54 Å². The number of hydrogen-bond donors (Lipinski definition) is 2. The highest BCUT2D eigenvalue weighted by atomic mass is 32.2. The summed E-state index contributed by atoms with van der Waals surface area (Å²) in [4.78, 5) is 27.3. The lowest BCUT2D eigenvalue weighted by atomic mass is 10.3. The van der Waals surface area contributed by atoms with Crippen LogP contribution < -0.4 is 14.9 Å². The maximum absolute atomic E-state index is 13.4. The van der Waals surface area contributed by atoms with E-state index in [0.717, 1.165) is 18.4 Å². The molecule has 0 unspecified atom stereocenters. The summed E-state index contributed by atoms with van der Waals surface area (Å²) >= 11 is 0. The minimum absolute atomic E-state index is 0.205. The molecule has 1 aliphatic heterocycles. The summed E-state index contributed by atoms with van der Waals surface area (Å²) in [7, 11) is -3.46. The molecule has 2 aromatic carbocycles. The van der Waals surface area contributed by atoms with Crippen LogP contribution in [0.2, 0.25) is 0 Å². The molecule has 8 nitrogen and oxygen atoms in total. The van der Waals surface area contributed by atoms with Crippen LogP contribution in [0.25, 0.3) is 0 Å². The van der Waals surface area contributed by atoms with Crippen LogP contribution in [-0.4, -0.2) is 51.1 Å². The third-order valence-electron chi connectivity index (χ3n) is 4.09. The second kappa shape index (κ2) is 8.03. The van der Waals surface area contributed by atoms with Crippen LogP contribution >= 0.6 is 0 Å². The molecule has 11 heteroatoms. The first-order valence-corrected chi connectivity index (χ1v) is 10.4. The van der Waals surface area contributed by atoms with Crippen LogP contribution in [0.15, 0.2) is 42.5 Å². The van der Waals surface area contributed by atoms with Gasteiger partial charge in [0.25, 0.3) is 0 Å². The summed E-state index contributed by atoms with van der Waals surface area (Å²) in [5.41, 5.74) is 0.844. The highest BCUT2D eigenvalue weighted by Gasteiger charge is 2.31. The summed E-state index contributed by atoms with van der Waals surface area (Å²) in [5.74, 6) is -2.56. The van der Waals surface area contributed by atoms with Crippen LogP contribution in [-0.2, 0) is 14.8 Å². The number of amides is 3. The molecule has 2 N–H and O–H groups in total. The molecule has 1 aliphatic rings. The van der Waals surface area contributed by atoms with E-state index in [2.05, 4.69) is 10.0 Å². The first-order chi connectivity index (χ1) is 13.6. The van der Waals surface area contributed by atoms with Crippen molar-refractivity contribution in [3.05, 3.63) is 54.1 Å². The van der Waals surface area contributed by atoms with Gasteiger partial charge in [-0.2, -0.15) is 0 Å². The monoisotopic (exact) mass is 424 g/mol. The normalized spacial score (nSPS) is 14.2. The number of nitrogens with one attached hydrogen (secondary N) is 2. The molecule has 0 saturated carbocycles. The summed E-state index contributed by atoms with van der Waals surface area (Å²) in [6.07, 6.45) is 1.01. The van der Waals surface area contributed by atoms with Crippen LogP contribution in [0.5, 0.6) is 0 Å². The van der Waals surface area contributed by atoms with Crippen molar-refractivity contribution >= 4 is 39.0 Å². The molecule has 0 atom stereocenters. The number of halogens is 2. The van der Waals surface area contributed by atoms with Gasteiger partial charge in [-0.3, -0.25) is 14.4 Å². The van der Waals surface area contributed by atoms with Crippen LogP contribution in [0.4, 0.5) is 30.6 Å². The van der Waals surface area contributed by atoms with E-state index in [-0.39, 0.29) is 31.0 Å². The Bertz CT molecular complexity index is 1060. The molecule has 29 heavy (non-hydrogen) atoms. The van der Waals surface area contributed by atoms with Crippen molar-refractivity contribution in [3.63, 3.8) is 0 Å². The first-order valence-electron chi connectivity index (χ1n) is 8.51. The number of rotatable bonds is 6. The molecule has 1 fully saturated rings. The van der Waals surface area contributed by atoms with E-state index in [4.69, 9.17) is 0 Å². The minimum Gasteiger partial charge on any atom is -0.324 e. The molecule has 0 bridgehead atoms. The van der Waals surface area contributed by atoms with Gasteiger partial charge in [-0.25, -0.2) is 22.0 Å². The Morgan fingerprint density at radius 3 is 2.48 bits per heavy atom. The average molecular weight is 424 g/mol. The van der Waals surface area contributed by atoms with Crippen LogP contribution in [0.3, 0.4) is 0 Å². The third kappa shape index (κ3) is 5.19. The summed E-state index contributed by atoms with van der Waals surface area (Å²) in [6.45, 7) is 0.217. The predicted molar refractivity (Wildman–Crippen MR) is 104 cm³/mol. The first kappa shape index (κ1) is 20.5. The Hall–Kier alpha value is -3.21. The number of nitrogens with zero attached hydrogens (tertiary/aromatic N) is 2. The van der Waals surface area contributed by atoms with Gasteiger partial charge < -0.3 is 10.2 Å². The SMILES string of the molecule is CS(=O)(=O)Nc1cccc(NC(=O)CN2CCN(c3ccc(F)c(F)c3)C2=O)c1. The lowest BCUT2D eigenvalue weighted by Crippen LogP contribution is -2.37. The fourth-order valence-corrected chi connectivity index (χ4v) is 3.43. The van der Waals surface area contributed by atoms with Gasteiger partial charge in [0.15, 0.2) is 11.6 Å². The quantitative estimate of drug-likeness (QED) is 0.743. The molecule has 1 heterocycles. The van der Waals surface area contributed by atoms with Crippen molar-refractivity contribution in [3.8, 4) is 0 Å². The molecule has 0 radical (unpaired) electrons. The minimum atomic E-state index is -3.46. The second-order valence-electron chi connectivity index (χ2n) is 6.46. The van der Waals surface area contributed by atoms with Crippen molar-refractivity contribution in [2.24, 2.45) is 0 Å². The number of carbonyl (C=O) groups is 2. The molecule has 3 amide bonds. The number of benzene rings is 2. The maximum Gasteiger partial charge on any atom is 0.325 e. The van der Waals surface area contributed by atoms with Crippen LogP contribution in [0, 0.1) is 11.6 Å². The zero-order valence-corrected chi connectivity index (χ0v) is 16.2. The van der Waals surface area contributed by atoms with E-state index in [1.807, 2.05) is 0 Å². The van der Waals surface area contributed by atoms with Crippen molar-refractivity contribution in [1.29, 1.82) is 0 Å². The zero-order valence-electron chi connectivity index (χ0n) is 15.4. The fourth-order valence-electron chi connectivity index (χ4n) is 2.87. The van der Waals surface area contributed by atoms with Gasteiger partial charge >= 0.3 is 6.03 Å². The van der Waals surface area contributed by atoms with Gasteiger partial charge in [0, 0.05) is 30.5 Å². The molecular weight excluding hydrogens is 406 g/mol. The Balaban J connectivity index is 1.62. The van der Waals surface area contributed by atoms with E-state index < -0.39 is 33.6 Å². The van der Waals surface area contributed by atoms with Crippen molar-refractivity contribution < 1.29 is 26.8 Å². The lowest BCUT2D eigenvalue weighted by molar-refractivity contribution is -0.116. The van der Waals surface area contributed by atoms with E-state index in [9.17, 15) is 26.8 Å². The number of carbonyl (C=O) groups excluding carboxylic acids is 2. The fraction of sp³-hybridized carbons (Fsp3) is 0.222. The van der Waals surface area contributed by atoms with Gasteiger partial charge in [-0.1, -0.05) is 6.07 Å². The number of sulfonamides is 1. The van der Waals surface area contributed by atoms with E-state index in [1.54, 1.807) is 12.1 Å². The van der Waals surface area contributed by atoms with E-state index >= 15 is 0 Å². The molecule has 2 aromatic rings. The molecule has 3 rings (SSSR count). The Morgan fingerprint density at radius 2 is 1.79 bits per heavy atom. The summed E-state index contributed by atoms with van der Waals surface area (Å²) in [6, 6.07) is 8.76. The van der Waals surface area contributed by atoms with Gasteiger partial charge in [-0.15, -0.1) is 0 Å². The van der Waals surface area contributed by atoms with Crippen LogP contribution in [0.1, 0.15) is 0 Å². The number of anilines is 3. The van der Waals surface area contributed by atoms with Gasteiger partial charge in [0.2, 0.25) is 15.9 Å². The smallest absolute Gasteiger partial charge is 0.324 e. The Labute approximate surface area is 166 Å².